The predicted molar refractivity (Wildman–Crippen MR) is 84.4 cm³/mol. The summed E-state index contributed by atoms with van der Waals surface area (Å²) in [5.74, 6) is -0.840. The van der Waals surface area contributed by atoms with E-state index in [4.69, 9.17) is 5.11 Å². The zero-order valence-electron chi connectivity index (χ0n) is 12.7. The summed E-state index contributed by atoms with van der Waals surface area (Å²) in [5, 5.41) is 27.1. The summed E-state index contributed by atoms with van der Waals surface area (Å²) < 4.78 is 0. The van der Waals surface area contributed by atoms with Crippen molar-refractivity contribution in [2.24, 2.45) is 10.2 Å². The first-order chi connectivity index (χ1) is 10.3. The second-order valence-electron chi connectivity index (χ2n) is 5.97. The van der Waals surface area contributed by atoms with Crippen molar-refractivity contribution in [3.63, 3.8) is 0 Å². The molecule has 0 aliphatic carbocycles. The van der Waals surface area contributed by atoms with Crippen LogP contribution in [0.5, 0.6) is 5.75 Å². The van der Waals surface area contributed by atoms with Gasteiger partial charge in [-0.15, -0.1) is 5.11 Å². The quantitative estimate of drug-likeness (QED) is 0.798. The van der Waals surface area contributed by atoms with E-state index in [-0.39, 0.29) is 16.7 Å². The molecule has 0 aliphatic heterocycles. The lowest BCUT2D eigenvalue weighted by atomic mass is 9.86. The highest BCUT2D eigenvalue weighted by Crippen LogP contribution is 2.34. The largest absolute Gasteiger partial charge is 0.508 e. The molecule has 2 aromatic rings. The van der Waals surface area contributed by atoms with E-state index in [2.05, 4.69) is 10.2 Å². The fraction of sp³-hybridized carbons (Fsp3) is 0.235. The second kappa shape index (κ2) is 5.97. The number of aromatic hydroxyl groups is 1. The van der Waals surface area contributed by atoms with Crippen LogP contribution < -0.4 is 0 Å². The Hall–Kier alpha value is -2.69. The summed E-state index contributed by atoms with van der Waals surface area (Å²) in [6, 6.07) is 11.4. The monoisotopic (exact) mass is 298 g/mol. The minimum atomic E-state index is -1.05. The molecule has 0 heterocycles. The van der Waals surface area contributed by atoms with E-state index < -0.39 is 5.97 Å². The SMILES string of the molecule is CC(C)(C)c1cc(N=Nc2ccccc2C(=O)O)ccc1O. The van der Waals surface area contributed by atoms with Crippen molar-refractivity contribution in [1.29, 1.82) is 0 Å². The maximum Gasteiger partial charge on any atom is 0.337 e. The number of rotatable bonds is 3. The van der Waals surface area contributed by atoms with Gasteiger partial charge >= 0.3 is 5.97 Å². The van der Waals surface area contributed by atoms with Gasteiger partial charge in [0.05, 0.1) is 11.3 Å². The van der Waals surface area contributed by atoms with Gasteiger partial charge in [0.1, 0.15) is 11.4 Å². The molecule has 0 atom stereocenters. The molecule has 114 valence electrons. The molecule has 5 nitrogen and oxygen atoms in total. The third-order valence-electron chi connectivity index (χ3n) is 3.20. The van der Waals surface area contributed by atoms with Gasteiger partial charge in [-0.1, -0.05) is 32.9 Å². The molecule has 0 amide bonds. The van der Waals surface area contributed by atoms with Gasteiger partial charge in [-0.3, -0.25) is 0 Å². The predicted octanol–water partition coefficient (Wildman–Crippen LogP) is 4.80. The van der Waals surface area contributed by atoms with Crippen molar-refractivity contribution in [1.82, 2.24) is 0 Å². The molecule has 0 unspecified atom stereocenters. The third-order valence-corrected chi connectivity index (χ3v) is 3.20. The van der Waals surface area contributed by atoms with E-state index >= 15 is 0 Å². The smallest absolute Gasteiger partial charge is 0.337 e. The van der Waals surface area contributed by atoms with Gasteiger partial charge in [0.2, 0.25) is 0 Å². The Morgan fingerprint density at radius 1 is 1.05 bits per heavy atom. The summed E-state index contributed by atoms with van der Waals surface area (Å²) in [4.78, 5) is 11.1. The van der Waals surface area contributed by atoms with Crippen LogP contribution in [-0.2, 0) is 5.41 Å². The number of aromatic carboxylic acids is 1. The van der Waals surface area contributed by atoms with Crippen molar-refractivity contribution in [2.45, 2.75) is 26.2 Å². The van der Waals surface area contributed by atoms with Gasteiger partial charge in [-0.25, -0.2) is 4.79 Å². The van der Waals surface area contributed by atoms with Crippen molar-refractivity contribution < 1.29 is 15.0 Å². The molecule has 2 N–H and O–H groups in total. The van der Waals surface area contributed by atoms with E-state index in [0.717, 1.165) is 5.56 Å². The van der Waals surface area contributed by atoms with E-state index in [0.29, 0.717) is 11.4 Å². The molecule has 0 bridgehead atoms. The van der Waals surface area contributed by atoms with Crippen LogP contribution in [0.25, 0.3) is 0 Å². The number of carbonyl (C=O) groups is 1. The van der Waals surface area contributed by atoms with Crippen LogP contribution in [-0.4, -0.2) is 16.2 Å². The lowest BCUT2D eigenvalue weighted by Crippen LogP contribution is -2.10. The number of phenolic OH excluding ortho intramolecular Hbond substituents is 1. The first-order valence-corrected chi connectivity index (χ1v) is 6.86. The molecule has 0 aromatic heterocycles. The molecule has 0 aliphatic rings. The van der Waals surface area contributed by atoms with Gasteiger partial charge in [0.25, 0.3) is 0 Å². The molecular weight excluding hydrogens is 280 g/mol. The summed E-state index contributed by atoms with van der Waals surface area (Å²) in [6.45, 7) is 5.97. The molecule has 0 spiro atoms. The second-order valence-corrected chi connectivity index (χ2v) is 5.97. The van der Waals surface area contributed by atoms with Gasteiger partial charge < -0.3 is 10.2 Å². The minimum Gasteiger partial charge on any atom is -0.508 e. The highest BCUT2D eigenvalue weighted by atomic mass is 16.4. The zero-order chi connectivity index (χ0) is 16.3. The summed E-state index contributed by atoms with van der Waals surface area (Å²) >= 11 is 0. The number of phenols is 1. The first-order valence-electron chi connectivity index (χ1n) is 6.86. The Bertz CT molecular complexity index is 731. The van der Waals surface area contributed by atoms with Crippen molar-refractivity contribution >= 4 is 17.3 Å². The summed E-state index contributed by atoms with van der Waals surface area (Å²) in [6.07, 6.45) is 0. The number of carboxylic acids is 1. The highest BCUT2D eigenvalue weighted by molar-refractivity contribution is 5.93. The van der Waals surface area contributed by atoms with Crippen molar-refractivity contribution in [2.75, 3.05) is 0 Å². The number of hydrogen-bond donors (Lipinski definition) is 2. The number of hydrogen-bond acceptors (Lipinski definition) is 4. The number of azo groups is 1. The molecule has 2 rings (SSSR count). The Morgan fingerprint density at radius 2 is 1.73 bits per heavy atom. The molecular formula is C17H18N2O3. The maximum atomic E-state index is 11.1. The molecule has 22 heavy (non-hydrogen) atoms. The van der Waals surface area contributed by atoms with Crippen LogP contribution in [0.2, 0.25) is 0 Å². The number of benzene rings is 2. The third kappa shape index (κ3) is 3.49. The molecule has 5 heteroatoms. The molecule has 0 fully saturated rings. The summed E-state index contributed by atoms with van der Waals surface area (Å²) in [7, 11) is 0. The minimum absolute atomic E-state index is 0.0982. The fourth-order valence-corrected chi connectivity index (χ4v) is 2.04. The Morgan fingerprint density at radius 3 is 2.36 bits per heavy atom. The van der Waals surface area contributed by atoms with E-state index in [1.54, 1.807) is 36.4 Å². The van der Waals surface area contributed by atoms with Crippen molar-refractivity contribution in [3.8, 4) is 5.75 Å². The van der Waals surface area contributed by atoms with Crippen molar-refractivity contribution in [3.05, 3.63) is 53.6 Å². The molecule has 0 radical (unpaired) electrons. The van der Waals surface area contributed by atoms with Gasteiger partial charge in [0, 0.05) is 5.56 Å². The lowest BCUT2D eigenvalue weighted by molar-refractivity contribution is 0.0697. The normalized spacial score (nSPS) is 11.8. The van der Waals surface area contributed by atoms with Gasteiger partial charge in [-0.05, 0) is 35.7 Å². The lowest BCUT2D eigenvalue weighted by Gasteiger charge is -2.20. The average Bonchev–Trinajstić information content (AvgIpc) is 2.45. The topological polar surface area (TPSA) is 82.2 Å². The number of nitrogens with zero attached hydrogens (tertiary/aromatic N) is 2. The molecule has 2 aromatic carbocycles. The van der Waals surface area contributed by atoms with Crippen LogP contribution >= 0.6 is 0 Å². The highest BCUT2D eigenvalue weighted by Gasteiger charge is 2.18. The molecule has 0 saturated carbocycles. The molecule has 0 saturated heterocycles. The Balaban J connectivity index is 2.38. The first kappa shape index (κ1) is 15.7. The van der Waals surface area contributed by atoms with Gasteiger partial charge in [0.15, 0.2) is 0 Å². The Kier molecular flexibility index (Phi) is 4.26. The summed E-state index contributed by atoms with van der Waals surface area (Å²) in [5.41, 5.74) is 1.48. The van der Waals surface area contributed by atoms with Gasteiger partial charge in [-0.2, -0.15) is 5.11 Å². The van der Waals surface area contributed by atoms with E-state index in [1.807, 2.05) is 20.8 Å². The van der Waals surface area contributed by atoms with E-state index in [1.165, 1.54) is 6.07 Å². The van der Waals surface area contributed by atoms with Crippen LogP contribution in [0, 0.1) is 0 Å². The van der Waals surface area contributed by atoms with E-state index in [9.17, 15) is 9.90 Å². The fourth-order valence-electron chi connectivity index (χ4n) is 2.04. The standard InChI is InChI=1S/C17H18N2O3/c1-17(2,3)13-10-11(8-9-15(13)20)18-19-14-7-5-4-6-12(14)16(21)22/h4-10,20H,1-3H3,(H,21,22). The zero-order valence-corrected chi connectivity index (χ0v) is 12.7. The van der Waals surface area contributed by atoms with Crippen LogP contribution in [0.15, 0.2) is 52.7 Å². The van der Waals surface area contributed by atoms with Crippen LogP contribution in [0.1, 0.15) is 36.7 Å². The number of carboxylic acid groups (broad SMARTS) is 1. The maximum absolute atomic E-state index is 11.1. The van der Waals surface area contributed by atoms with Crippen LogP contribution in [0.4, 0.5) is 11.4 Å². The Labute approximate surface area is 129 Å². The van der Waals surface area contributed by atoms with Crippen LogP contribution in [0.3, 0.4) is 0 Å². The average molecular weight is 298 g/mol.